The summed E-state index contributed by atoms with van der Waals surface area (Å²) in [5.41, 5.74) is 1.67. The highest BCUT2D eigenvalue weighted by Crippen LogP contribution is 2.23. The van der Waals surface area contributed by atoms with Crippen molar-refractivity contribution in [2.24, 2.45) is 0 Å². The molecular formula is C18H23NO3S. The summed E-state index contributed by atoms with van der Waals surface area (Å²) in [7, 11) is -3.60. The summed E-state index contributed by atoms with van der Waals surface area (Å²) in [5.74, 6) is 0.662. The minimum absolute atomic E-state index is 0.228. The Morgan fingerprint density at radius 2 is 1.70 bits per heavy atom. The van der Waals surface area contributed by atoms with E-state index in [9.17, 15) is 8.42 Å². The second-order valence-electron chi connectivity index (χ2n) is 5.27. The molecule has 0 radical (unpaired) electrons. The van der Waals surface area contributed by atoms with Crippen molar-refractivity contribution in [1.29, 1.82) is 0 Å². The smallest absolute Gasteiger partial charge is 0.261 e. The summed E-state index contributed by atoms with van der Waals surface area (Å²) < 4.78 is 33.1. The van der Waals surface area contributed by atoms with Gasteiger partial charge in [0, 0.05) is 0 Å². The van der Waals surface area contributed by atoms with Gasteiger partial charge in [0.1, 0.15) is 5.75 Å². The predicted octanol–water partition coefficient (Wildman–Crippen LogP) is 4.23. The van der Waals surface area contributed by atoms with E-state index in [1.165, 1.54) is 0 Å². The fraction of sp³-hybridized carbons (Fsp3) is 0.333. The number of nitrogens with one attached hydrogen (secondary N) is 1. The van der Waals surface area contributed by atoms with Crippen molar-refractivity contribution in [2.75, 3.05) is 11.3 Å². The van der Waals surface area contributed by atoms with Gasteiger partial charge in [0.15, 0.2) is 0 Å². The van der Waals surface area contributed by atoms with Gasteiger partial charge in [-0.05, 0) is 55.7 Å². The Labute approximate surface area is 138 Å². The molecule has 0 aliphatic carbocycles. The van der Waals surface area contributed by atoms with Crippen molar-refractivity contribution in [3.8, 4) is 5.75 Å². The number of hydrogen-bond donors (Lipinski definition) is 1. The average Bonchev–Trinajstić information content (AvgIpc) is 2.54. The molecule has 1 N–H and O–H groups in total. The lowest BCUT2D eigenvalue weighted by atomic mass is 10.1. The standard InChI is InChI=1S/C18H23NO3S/c1-3-5-8-15-9-6-7-10-18(15)19-23(20,21)17-13-11-16(12-14-17)22-4-2/h6-7,9-14,19H,3-5,8H2,1-2H3. The Bertz CT molecular complexity index is 724. The fourth-order valence-corrected chi connectivity index (χ4v) is 3.39. The molecule has 0 bridgehead atoms. The van der Waals surface area contributed by atoms with Gasteiger partial charge in [0.25, 0.3) is 10.0 Å². The maximum Gasteiger partial charge on any atom is 0.261 e. The van der Waals surface area contributed by atoms with E-state index >= 15 is 0 Å². The molecule has 0 saturated heterocycles. The fourth-order valence-electron chi connectivity index (χ4n) is 2.29. The number of para-hydroxylation sites is 1. The monoisotopic (exact) mass is 333 g/mol. The number of benzene rings is 2. The van der Waals surface area contributed by atoms with Crippen LogP contribution in [0.1, 0.15) is 32.3 Å². The van der Waals surface area contributed by atoms with E-state index in [2.05, 4.69) is 11.6 Å². The first-order valence-corrected chi connectivity index (χ1v) is 9.38. The summed E-state index contributed by atoms with van der Waals surface area (Å²) in [5, 5.41) is 0. The molecule has 4 nitrogen and oxygen atoms in total. The van der Waals surface area contributed by atoms with E-state index in [0.29, 0.717) is 18.0 Å². The van der Waals surface area contributed by atoms with Crippen molar-refractivity contribution in [3.05, 3.63) is 54.1 Å². The first kappa shape index (κ1) is 17.3. The van der Waals surface area contributed by atoms with Crippen LogP contribution in [0.4, 0.5) is 5.69 Å². The largest absolute Gasteiger partial charge is 0.494 e. The molecule has 0 spiro atoms. The Kier molecular flexibility index (Phi) is 6.04. The van der Waals surface area contributed by atoms with Crippen molar-refractivity contribution in [2.45, 2.75) is 38.0 Å². The van der Waals surface area contributed by atoms with Gasteiger partial charge in [0.05, 0.1) is 17.2 Å². The van der Waals surface area contributed by atoms with Crippen molar-refractivity contribution < 1.29 is 13.2 Å². The zero-order chi connectivity index (χ0) is 16.7. The molecule has 2 aromatic rings. The summed E-state index contributed by atoms with van der Waals surface area (Å²) in [6.07, 6.45) is 2.96. The molecule has 0 aliphatic heterocycles. The molecule has 0 amide bonds. The molecule has 0 unspecified atom stereocenters. The first-order valence-electron chi connectivity index (χ1n) is 7.90. The van der Waals surface area contributed by atoms with Crippen molar-refractivity contribution in [3.63, 3.8) is 0 Å². The second kappa shape index (κ2) is 8.02. The molecule has 0 aliphatic rings. The maximum absolute atomic E-state index is 12.5. The first-order chi connectivity index (χ1) is 11.1. The Balaban J connectivity index is 2.21. The van der Waals surface area contributed by atoms with Crippen LogP contribution >= 0.6 is 0 Å². The molecule has 23 heavy (non-hydrogen) atoms. The van der Waals surface area contributed by atoms with Crippen LogP contribution in [0.15, 0.2) is 53.4 Å². The van der Waals surface area contributed by atoms with Crippen LogP contribution in [-0.4, -0.2) is 15.0 Å². The molecule has 0 heterocycles. The summed E-state index contributed by atoms with van der Waals surface area (Å²) in [6, 6.07) is 14.0. The lowest BCUT2D eigenvalue weighted by Gasteiger charge is -2.13. The minimum atomic E-state index is -3.60. The van der Waals surface area contributed by atoms with E-state index in [4.69, 9.17) is 4.74 Å². The van der Waals surface area contributed by atoms with Crippen molar-refractivity contribution >= 4 is 15.7 Å². The predicted molar refractivity (Wildman–Crippen MR) is 93.5 cm³/mol. The molecule has 2 aromatic carbocycles. The molecule has 0 aromatic heterocycles. The molecule has 5 heteroatoms. The molecule has 2 rings (SSSR count). The molecule has 124 valence electrons. The van der Waals surface area contributed by atoms with E-state index < -0.39 is 10.0 Å². The molecule has 0 saturated carbocycles. The quantitative estimate of drug-likeness (QED) is 0.786. The van der Waals surface area contributed by atoms with E-state index in [1.54, 1.807) is 30.3 Å². The molecule has 0 fully saturated rings. The van der Waals surface area contributed by atoms with E-state index in [1.807, 2.05) is 25.1 Å². The zero-order valence-electron chi connectivity index (χ0n) is 13.6. The van der Waals surface area contributed by atoms with Crippen LogP contribution in [-0.2, 0) is 16.4 Å². The molecular weight excluding hydrogens is 310 g/mol. The molecule has 0 atom stereocenters. The van der Waals surface area contributed by atoms with Crippen LogP contribution in [0.2, 0.25) is 0 Å². The number of ether oxygens (including phenoxy) is 1. The normalized spacial score (nSPS) is 11.2. The van der Waals surface area contributed by atoms with Gasteiger partial charge >= 0.3 is 0 Å². The third kappa shape index (κ3) is 4.73. The van der Waals surface area contributed by atoms with Crippen LogP contribution in [0.3, 0.4) is 0 Å². The highest BCUT2D eigenvalue weighted by atomic mass is 32.2. The van der Waals surface area contributed by atoms with Crippen LogP contribution < -0.4 is 9.46 Å². The number of sulfonamides is 1. The highest BCUT2D eigenvalue weighted by Gasteiger charge is 2.15. The highest BCUT2D eigenvalue weighted by molar-refractivity contribution is 7.92. The summed E-state index contributed by atoms with van der Waals surface area (Å²) in [4.78, 5) is 0.228. The number of aryl methyl sites for hydroxylation is 1. The Morgan fingerprint density at radius 1 is 1.00 bits per heavy atom. The van der Waals surface area contributed by atoms with E-state index in [-0.39, 0.29) is 4.90 Å². The third-order valence-electron chi connectivity index (χ3n) is 3.51. The van der Waals surface area contributed by atoms with Gasteiger partial charge in [-0.15, -0.1) is 0 Å². The zero-order valence-corrected chi connectivity index (χ0v) is 14.4. The second-order valence-corrected chi connectivity index (χ2v) is 6.95. The topological polar surface area (TPSA) is 55.4 Å². The number of hydrogen-bond acceptors (Lipinski definition) is 3. The SMILES string of the molecule is CCCCc1ccccc1NS(=O)(=O)c1ccc(OCC)cc1. The van der Waals surface area contributed by atoms with Gasteiger partial charge in [-0.3, -0.25) is 4.72 Å². The third-order valence-corrected chi connectivity index (χ3v) is 4.89. The van der Waals surface area contributed by atoms with Crippen LogP contribution in [0.25, 0.3) is 0 Å². The van der Waals surface area contributed by atoms with E-state index in [0.717, 1.165) is 24.8 Å². The van der Waals surface area contributed by atoms with Crippen molar-refractivity contribution in [1.82, 2.24) is 0 Å². The van der Waals surface area contributed by atoms with Gasteiger partial charge < -0.3 is 4.74 Å². The van der Waals surface area contributed by atoms with Crippen LogP contribution in [0.5, 0.6) is 5.75 Å². The van der Waals surface area contributed by atoms with Crippen LogP contribution in [0, 0.1) is 0 Å². The maximum atomic E-state index is 12.5. The van der Waals surface area contributed by atoms with Gasteiger partial charge in [-0.25, -0.2) is 8.42 Å². The Morgan fingerprint density at radius 3 is 2.35 bits per heavy atom. The number of unbranched alkanes of at least 4 members (excludes halogenated alkanes) is 1. The Hall–Kier alpha value is -2.01. The number of anilines is 1. The lowest BCUT2D eigenvalue weighted by Crippen LogP contribution is -2.14. The minimum Gasteiger partial charge on any atom is -0.494 e. The van der Waals surface area contributed by atoms with Gasteiger partial charge in [-0.1, -0.05) is 31.5 Å². The lowest BCUT2D eigenvalue weighted by molar-refractivity contribution is 0.340. The van der Waals surface area contributed by atoms with Gasteiger partial charge in [-0.2, -0.15) is 0 Å². The number of rotatable bonds is 8. The summed E-state index contributed by atoms with van der Waals surface area (Å²) >= 11 is 0. The average molecular weight is 333 g/mol. The summed E-state index contributed by atoms with van der Waals surface area (Å²) in [6.45, 7) is 4.56. The van der Waals surface area contributed by atoms with Gasteiger partial charge in [0.2, 0.25) is 0 Å².